The average molecular weight is 338 g/mol. The third kappa shape index (κ3) is 3.82. The van der Waals surface area contributed by atoms with Crippen LogP contribution in [0, 0.1) is 0 Å². The molecule has 0 fully saturated rings. The van der Waals surface area contributed by atoms with Crippen LogP contribution in [0.4, 0.5) is 0 Å². The molecule has 0 amide bonds. The molecule has 3 rings (SSSR count). The molecule has 3 aromatic rings. The SMILES string of the molecule is CNCc1cn(-c2ncccn2)c(-c2ccccc2)n1.Cl.Cl. The van der Waals surface area contributed by atoms with Gasteiger partial charge in [0.2, 0.25) is 5.95 Å². The third-order valence-corrected chi connectivity index (χ3v) is 2.91. The second-order valence-corrected chi connectivity index (χ2v) is 4.37. The maximum Gasteiger partial charge on any atom is 0.235 e. The minimum Gasteiger partial charge on any atom is -0.314 e. The standard InChI is InChI=1S/C15H15N5.2ClH/c1-16-10-13-11-20(15-17-8-5-9-18-15)14(19-13)12-6-3-2-4-7-12;;/h2-9,11,16H,10H2,1H3;2*1H. The number of imidazole rings is 1. The lowest BCUT2D eigenvalue weighted by Crippen LogP contribution is -2.05. The number of hydrogen-bond acceptors (Lipinski definition) is 4. The number of rotatable bonds is 4. The van der Waals surface area contributed by atoms with Crippen LogP contribution < -0.4 is 5.32 Å². The Bertz CT molecular complexity index is 629. The summed E-state index contributed by atoms with van der Waals surface area (Å²) < 4.78 is 1.92. The van der Waals surface area contributed by atoms with Crippen molar-refractivity contribution in [3.8, 4) is 17.3 Å². The van der Waals surface area contributed by atoms with Gasteiger partial charge in [0.15, 0.2) is 0 Å². The number of nitrogens with zero attached hydrogens (tertiary/aromatic N) is 4. The van der Waals surface area contributed by atoms with Gasteiger partial charge in [-0.1, -0.05) is 30.3 Å². The normalized spacial score (nSPS) is 9.68. The molecule has 0 unspecified atom stereocenters. The molecule has 0 atom stereocenters. The summed E-state index contributed by atoms with van der Waals surface area (Å²) in [5.41, 5.74) is 2.00. The largest absolute Gasteiger partial charge is 0.314 e. The van der Waals surface area contributed by atoms with Crippen molar-refractivity contribution in [2.75, 3.05) is 7.05 Å². The number of nitrogens with one attached hydrogen (secondary N) is 1. The van der Waals surface area contributed by atoms with Crippen molar-refractivity contribution in [1.82, 2.24) is 24.8 Å². The molecule has 0 saturated heterocycles. The van der Waals surface area contributed by atoms with Crippen molar-refractivity contribution >= 4 is 24.8 Å². The molecule has 116 valence electrons. The Balaban J connectivity index is 0.00000121. The first-order valence-corrected chi connectivity index (χ1v) is 6.44. The van der Waals surface area contributed by atoms with E-state index >= 15 is 0 Å². The van der Waals surface area contributed by atoms with E-state index in [1.807, 2.05) is 48.1 Å². The molecule has 1 N–H and O–H groups in total. The van der Waals surface area contributed by atoms with E-state index in [4.69, 9.17) is 0 Å². The van der Waals surface area contributed by atoms with Gasteiger partial charge < -0.3 is 5.32 Å². The van der Waals surface area contributed by atoms with Crippen molar-refractivity contribution in [3.05, 3.63) is 60.7 Å². The molecule has 2 aromatic heterocycles. The van der Waals surface area contributed by atoms with Crippen LogP contribution >= 0.6 is 24.8 Å². The molecule has 5 nitrogen and oxygen atoms in total. The van der Waals surface area contributed by atoms with Crippen LogP contribution in [0.5, 0.6) is 0 Å². The lowest BCUT2D eigenvalue weighted by atomic mass is 10.2. The zero-order chi connectivity index (χ0) is 13.8. The predicted molar refractivity (Wildman–Crippen MR) is 91.8 cm³/mol. The van der Waals surface area contributed by atoms with Gasteiger partial charge in [-0.25, -0.2) is 15.0 Å². The maximum absolute atomic E-state index is 4.67. The fourth-order valence-electron chi connectivity index (χ4n) is 2.05. The molecule has 1 aromatic carbocycles. The number of hydrogen-bond donors (Lipinski definition) is 1. The highest BCUT2D eigenvalue weighted by Gasteiger charge is 2.12. The first-order chi connectivity index (χ1) is 9.88. The summed E-state index contributed by atoms with van der Waals surface area (Å²) in [6.45, 7) is 0.708. The number of benzene rings is 1. The lowest BCUT2D eigenvalue weighted by molar-refractivity contribution is 0.796. The Morgan fingerprint density at radius 3 is 2.32 bits per heavy atom. The fourth-order valence-corrected chi connectivity index (χ4v) is 2.05. The van der Waals surface area contributed by atoms with Crippen LogP contribution in [0.3, 0.4) is 0 Å². The van der Waals surface area contributed by atoms with E-state index in [2.05, 4.69) is 20.3 Å². The zero-order valence-electron chi connectivity index (χ0n) is 12.0. The van der Waals surface area contributed by atoms with Crippen LogP contribution in [0.15, 0.2) is 55.0 Å². The first-order valence-electron chi connectivity index (χ1n) is 6.44. The van der Waals surface area contributed by atoms with E-state index in [-0.39, 0.29) is 24.8 Å². The molecule has 0 bridgehead atoms. The highest BCUT2D eigenvalue weighted by molar-refractivity contribution is 5.85. The highest BCUT2D eigenvalue weighted by Crippen LogP contribution is 2.21. The van der Waals surface area contributed by atoms with Crippen LogP contribution in [-0.4, -0.2) is 26.6 Å². The number of halogens is 2. The molecular weight excluding hydrogens is 321 g/mol. The van der Waals surface area contributed by atoms with Gasteiger partial charge >= 0.3 is 0 Å². The van der Waals surface area contributed by atoms with Crippen molar-refractivity contribution in [2.45, 2.75) is 6.54 Å². The summed E-state index contributed by atoms with van der Waals surface area (Å²) in [5, 5.41) is 3.11. The van der Waals surface area contributed by atoms with Crippen LogP contribution in [-0.2, 0) is 6.54 Å². The summed E-state index contributed by atoms with van der Waals surface area (Å²) in [6.07, 6.45) is 5.43. The van der Waals surface area contributed by atoms with Gasteiger partial charge in [-0.3, -0.25) is 4.57 Å². The Morgan fingerprint density at radius 1 is 1.00 bits per heavy atom. The molecule has 0 spiro atoms. The smallest absolute Gasteiger partial charge is 0.235 e. The third-order valence-electron chi connectivity index (χ3n) is 2.91. The van der Waals surface area contributed by atoms with Crippen molar-refractivity contribution in [1.29, 1.82) is 0 Å². The molecule has 7 heteroatoms. The second-order valence-electron chi connectivity index (χ2n) is 4.37. The fraction of sp³-hybridized carbons (Fsp3) is 0.133. The first kappa shape index (κ1) is 18.1. The minimum atomic E-state index is 0. The molecule has 0 saturated carbocycles. The van der Waals surface area contributed by atoms with Crippen LogP contribution in [0.2, 0.25) is 0 Å². The Morgan fingerprint density at radius 2 is 1.68 bits per heavy atom. The Hall–Kier alpha value is -1.95. The van der Waals surface area contributed by atoms with E-state index in [0.29, 0.717) is 12.5 Å². The summed E-state index contributed by atoms with van der Waals surface area (Å²) in [6, 6.07) is 11.9. The molecule has 0 aliphatic carbocycles. The highest BCUT2D eigenvalue weighted by atomic mass is 35.5. The molecule has 22 heavy (non-hydrogen) atoms. The summed E-state index contributed by atoms with van der Waals surface area (Å²) in [5.74, 6) is 1.48. The Kier molecular flexibility index (Phi) is 6.98. The second kappa shape index (κ2) is 8.48. The number of aromatic nitrogens is 4. The van der Waals surface area contributed by atoms with Crippen molar-refractivity contribution < 1.29 is 0 Å². The summed E-state index contributed by atoms with van der Waals surface area (Å²) >= 11 is 0. The monoisotopic (exact) mass is 337 g/mol. The lowest BCUT2D eigenvalue weighted by Gasteiger charge is -2.04. The summed E-state index contributed by atoms with van der Waals surface area (Å²) in [4.78, 5) is 13.3. The van der Waals surface area contributed by atoms with Gasteiger partial charge in [0.05, 0.1) is 5.69 Å². The van der Waals surface area contributed by atoms with Crippen molar-refractivity contribution in [2.24, 2.45) is 0 Å². The molecule has 2 heterocycles. The molecular formula is C15H17Cl2N5. The van der Waals surface area contributed by atoms with E-state index in [1.54, 1.807) is 18.5 Å². The Labute approximate surface area is 141 Å². The molecule has 0 radical (unpaired) electrons. The van der Waals surface area contributed by atoms with Gasteiger partial charge in [-0.05, 0) is 13.1 Å². The van der Waals surface area contributed by atoms with Gasteiger partial charge in [0.25, 0.3) is 0 Å². The predicted octanol–water partition coefficient (Wildman–Crippen LogP) is 2.89. The average Bonchev–Trinajstić information content (AvgIpc) is 2.93. The van der Waals surface area contributed by atoms with Crippen LogP contribution in [0.25, 0.3) is 17.3 Å². The van der Waals surface area contributed by atoms with Gasteiger partial charge in [-0.2, -0.15) is 0 Å². The van der Waals surface area contributed by atoms with Gasteiger partial charge in [0, 0.05) is 30.7 Å². The van der Waals surface area contributed by atoms with E-state index in [1.165, 1.54) is 0 Å². The minimum absolute atomic E-state index is 0. The molecule has 0 aliphatic rings. The van der Waals surface area contributed by atoms with E-state index in [0.717, 1.165) is 17.1 Å². The zero-order valence-corrected chi connectivity index (χ0v) is 13.6. The van der Waals surface area contributed by atoms with Crippen molar-refractivity contribution in [3.63, 3.8) is 0 Å². The summed E-state index contributed by atoms with van der Waals surface area (Å²) in [7, 11) is 1.90. The van der Waals surface area contributed by atoms with Gasteiger partial charge in [0.1, 0.15) is 5.82 Å². The topological polar surface area (TPSA) is 55.6 Å². The van der Waals surface area contributed by atoms with E-state index < -0.39 is 0 Å². The van der Waals surface area contributed by atoms with E-state index in [9.17, 15) is 0 Å². The van der Waals surface area contributed by atoms with Crippen LogP contribution in [0.1, 0.15) is 5.69 Å². The molecule has 0 aliphatic heterocycles. The maximum atomic E-state index is 4.67. The quantitative estimate of drug-likeness (QED) is 0.795. The van der Waals surface area contributed by atoms with Gasteiger partial charge in [-0.15, -0.1) is 24.8 Å².